The fraction of sp³-hybridized carbons (Fsp3) is 0.562. The Morgan fingerprint density at radius 1 is 0.783 bits per heavy atom. The highest BCUT2D eigenvalue weighted by Gasteiger charge is 2.22. The maximum Gasteiger partial charge on any atom is 0.234 e. The van der Waals surface area contributed by atoms with Crippen LogP contribution in [-0.4, -0.2) is 75.6 Å². The van der Waals surface area contributed by atoms with Crippen LogP contribution in [0.1, 0.15) is 0 Å². The fourth-order valence-corrected chi connectivity index (χ4v) is 2.47. The largest absolute Gasteiger partial charge is 0.354 e. The molecule has 7 heteroatoms. The molecule has 2 rings (SSSR count). The van der Waals surface area contributed by atoms with Gasteiger partial charge in [-0.05, 0) is 31.6 Å². The van der Waals surface area contributed by atoms with Gasteiger partial charge in [0.05, 0.1) is 13.1 Å². The van der Waals surface area contributed by atoms with Gasteiger partial charge in [-0.25, -0.2) is 0 Å². The minimum absolute atomic E-state index is 0.0563. The van der Waals surface area contributed by atoms with Crippen LogP contribution in [0.2, 0.25) is 0 Å². The van der Waals surface area contributed by atoms with E-state index in [0.29, 0.717) is 19.6 Å². The monoisotopic (exact) mass is 320 g/mol. The van der Waals surface area contributed by atoms with Crippen molar-refractivity contribution in [1.29, 1.82) is 0 Å². The Morgan fingerprint density at radius 3 is 1.78 bits per heavy atom. The van der Waals surface area contributed by atoms with Crippen LogP contribution in [0.5, 0.6) is 0 Å². The van der Waals surface area contributed by atoms with Crippen LogP contribution in [0.3, 0.4) is 0 Å². The average molecular weight is 320 g/mol. The van der Waals surface area contributed by atoms with Crippen LogP contribution in [0.4, 0.5) is 0 Å². The predicted octanol–water partition coefficient (Wildman–Crippen LogP) is -1.88. The molecule has 1 aliphatic heterocycles. The van der Waals surface area contributed by atoms with Crippen molar-refractivity contribution in [3.63, 3.8) is 0 Å². The smallest absolute Gasteiger partial charge is 0.234 e. The molecule has 1 saturated carbocycles. The first-order valence-electron chi connectivity index (χ1n) is 8.12. The molecule has 0 unspecified atom stereocenters. The zero-order chi connectivity index (χ0) is 16.3. The predicted molar refractivity (Wildman–Crippen MR) is 88.6 cm³/mol. The van der Waals surface area contributed by atoms with Gasteiger partial charge in [-0.3, -0.25) is 14.5 Å². The van der Waals surface area contributed by atoms with Gasteiger partial charge < -0.3 is 21.3 Å². The lowest BCUT2D eigenvalue weighted by Gasteiger charge is -2.24. The highest BCUT2D eigenvalue weighted by atomic mass is 16.2. The molecule has 23 heavy (non-hydrogen) atoms. The molecule has 127 valence electrons. The molecule has 2 aliphatic rings. The van der Waals surface area contributed by atoms with Crippen LogP contribution in [-0.2, 0) is 9.59 Å². The molecule has 0 atom stereocenters. The van der Waals surface area contributed by atoms with Crippen molar-refractivity contribution in [2.45, 2.75) is 0 Å². The summed E-state index contributed by atoms with van der Waals surface area (Å²) < 4.78 is 0. The number of rotatable bonds is 2. The van der Waals surface area contributed by atoms with Gasteiger partial charge in [0.1, 0.15) is 0 Å². The van der Waals surface area contributed by atoms with Crippen LogP contribution >= 0.6 is 0 Å². The third-order valence-electron chi connectivity index (χ3n) is 3.60. The first-order valence-corrected chi connectivity index (χ1v) is 8.12. The summed E-state index contributed by atoms with van der Waals surface area (Å²) in [5.74, 6) is 0.991. The molecule has 0 bridgehead atoms. The molecule has 1 aliphatic carbocycles. The van der Waals surface area contributed by atoms with E-state index in [1.54, 1.807) is 0 Å². The summed E-state index contributed by atoms with van der Waals surface area (Å²) in [6.45, 7) is 5.38. The van der Waals surface area contributed by atoms with Gasteiger partial charge in [-0.15, -0.1) is 0 Å². The minimum atomic E-state index is -0.0563. The molecule has 0 spiro atoms. The van der Waals surface area contributed by atoms with E-state index in [0.717, 1.165) is 32.1 Å². The maximum absolute atomic E-state index is 12.0. The summed E-state index contributed by atoms with van der Waals surface area (Å²) in [4.78, 5) is 25.9. The number of carbonyl (C=O) groups is 2. The van der Waals surface area contributed by atoms with E-state index in [9.17, 15) is 9.59 Å². The molecule has 4 N–H and O–H groups in total. The molecule has 1 heterocycles. The van der Waals surface area contributed by atoms with Crippen molar-refractivity contribution in [3.05, 3.63) is 31.6 Å². The van der Waals surface area contributed by atoms with Crippen molar-refractivity contribution in [3.8, 4) is 0 Å². The summed E-state index contributed by atoms with van der Waals surface area (Å²) in [5.41, 5.74) is 0. The number of amides is 2. The second kappa shape index (κ2) is 10.6. The maximum atomic E-state index is 12.0. The minimum Gasteiger partial charge on any atom is -0.354 e. The van der Waals surface area contributed by atoms with Crippen molar-refractivity contribution in [1.82, 2.24) is 26.2 Å². The Bertz CT molecular complexity index is 345. The summed E-state index contributed by atoms with van der Waals surface area (Å²) in [6.07, 6.45) is 7.92. The van der Waals surface area contributed by atoms with Crippen molar-refractivity contribution in [2.75, 3.05) is 58.9 Å². The van der Waals surface area contributed by atoms with Crippen LogP contribution in [0.15, 0.2) is 0 Å². The molecule has 0 aromatic carbocycles. The number of nitrogens with one attached hydrogen (secondary N) is 4. The van der Waals surface area contributed by atoms with E-state index < -0.39 is 0 Å². The number of carbonyl (C=O) groups excluding carboxylic acids is 2. The molecule has 0 aromatic rings. The van der Waals surface area contributed by atoms with Gasteiger partial charge in [-0.2, -0.15) is 0 Å². The van der Waals surface area contributed by atoms with E-state index in [1.165, 1.54) is 0 Å². The third-order valence-corrected chi connectivity index (χ3v) is 3.60. The Labute approximate surface area is 138 Å². The van der Waals surface area contributed by atoms with Crippen LogP contribution < -0.4 is 21.3 Å². The van der Waals surface area contributed by atoms with Crippen LogP contribution in [0, 0.1) is 31.6 Å². The van der Waals surface area contributed by atoms with Crippen LogP contribution in [0.25, 0.3) is 0 Å². The zero-order valence-electron chi connectivity index (χ0n) is 13.4. The van der Waals surface area contributed by atoms with Crippen molar-refractivity contribution < 1.29 is 9.59 Å². The van der Waals surface area contributed by atoms with E-state index in [4.69, 9.17) is 0 Å². The van der Waals surface area contributed by atoms with Gasteiger partial charge >= 0.3 is 0 Å². The lowest BCUT2D eigenvalue weighted by molar-refractivity contribution is -0.124. The molecule has 5 radical (unpaired) electrons. The molecule has 2 fully saturated rings. The summed E-state index contributed by atoms with van der Waals surface area (Å²) in [5, 5.41) is 12.3. The summed E-state index contributed by atoms with van der Waals surface area (Å²) in [6, 6.07) is 0. The SMILES string of the molecule is O=C1CN(C[C]2[CH][CH][CH][CH]2)CC(=O)NCCNCCNCCN1. The molecular weight excluding hydrogens is 294 g/mol. The highest BCUT2D eigenvalue weighted by Crippen LogP contribution is 2.23. The topological polar surface area (TPSA) is 85.5 Å². The van der Waals surface area contributed by atoms with Gasteiger partial charge in [-0.1, -0.05) is 0 Å². The first kappa shape index (κ1) is 18.2. The Kier molecular flexibility index (Phi) is 8.35. The highest BCUT2D eigenvalue weighted by molar-refractivity contribution is 5.81. The van der Waals surface area contributed by atoms with E-state index >= 15 is 0 Å². The second-order valence-electron chi connectivity index (χ2n) is 5.64. The van der Waals surface area contributed by atoms with Gasteiger partial charge in [0.25, 0.3) is 0 Å². The molecule has 0 aromatic heterocycles. The Morgan fingerprint density at radius 2 is 1.26 bits per heavy atom. The molecular formula is C16H26N5O2. The van der Waals surface area contributed by atoms with Crippen molar-refractivity contribution in [2.24, 2.45) is 0 Å². The Hall–Kier alpha value is -1.18. The van der Waals surface area contributed by atoms with Gasteiger partial charge in [0, 0.05) is 45.8 Å². The molecule has 1 saturated heterocycles. The molecule has 2 amide bonds. The first-order chi connectivity index (χ1) is 11.2. The van der Waals surface area contributed by atoms with Gasteiger partial charge in [0.15, 0.2) is 0 Å². The normalized spacial score (nSPS) is 24.5. The Balaban J connectivity index is 1.86. The van der Waals surface area contributed by atoms with Gasteiger partial charge in [0.2, 0.25) is 11.8 Å². The quantitative estimate of drug-likeness (QED) is 0.478. The van der Waals surface area contributed by atoms with Crippen molar-refractivity contribution >= 4 is 11.8 Å². The number of hydrogen-bond acceptors (Lipinski definition) is 5. The molecule has 7 nitrogen and oxygen atoms in total. The zero-order valence-corrected chi connectivity index (χ0v) is 13.4. The van der Waals surface area contributed by atoms with E-state index in [1.807, 2.05) is 30.6 Å². The number of nitrogens with zero attached hydrogens (tertiary/aromatic N) is 1. The lowest BCUT2D eigenvalue weighted by Crippen LogP contribution is -2.45. The third kappa shape index (κ3) is 7.76. The average Bonchev–Trinajstić information content (AvgIpc) is 3.01. The lowest BCUT2D eigenvalue weighted by atomic mass is 10.1. The van der Waals surface area contributed by atoms with E-state index in [2.05, 4.69) is 21.3 Å². The fourth-order valence-electron chi connectivity index (χ4n) is 2.47. The summed E-state index contributed by atoms with van der Waals surface area (Å²) >= 11 is 0. The summed E-state index contributed by atoms with van der Waals surface area (Å²) in [7, 11) is 0. The standard InChI is InChI=1S/C16H26N5O2/c22-15-12-21(11-14-3-1-2-4-14)13-16(23)20-10-8-18-6-5-17-7-9-19-15/h1-4,17-18H,5-13H2,(H,19,22)(H,20,23). The van der Waals surface area contributed by atoms with E-state index in [-0.39, 0.29) is 24.9 Å². The number of hydrogen-bond donors (Lipinski definition) is 4. The second-order valence-corrected chi connectivity index (χ2v) is 5.64.